The van der Waals surface area contributed by atoms with Gasteiger partial charge in [0.15, 0.2) is 0 Å². The topological polar surface area (TPSA) is 100 Å². The molecule has 0 spiro atoms. The maximum absolute atomic E-state index is 13.6. The van der Waals surface area contributed by atoms with Crippen LogP contribution in [0.4, 0.5) is 15.8 Å². The zero-order valence-electron chi connectivity index (χ0n) is 25.2. The molecule has 0 aliphatic carbocycles. The van der Waals surface area contributed by atoms with Crippen LogP contribution in [0, 0.1) is 5.82 Å². The smallest absolute Gasteiger partial charge is 0.255 e. The first-order chi connectivity index (χ1) is 21.8. The van der Waals surface area contributed by atoms with E-state index in [1.165, 1.54) is 19.2 Å². The van der Waals surface area contributed by atoms with Gasteiger partial charge in [0, 0.05) is 55.2 Å². The van der Waals surface area contributed by atoms with E-state index in [9.17, 15) is 18.8 Å². The van der Waals surface area contributed by atoms with Crippen molar-refractivity contribution in [2.75, 3.05) is 50.6 Å². The molecule has 232 valence electrons. The number of ether oxygens (including phenoxy) is 2. The van der Waals surface area contributed by atoms with Crippen LogP contribution in [0.5, 0.6) is 11.5 Å². The second kappa shape index (κ2) is 14.4. The Labute approximate surface area is 261 Å². The van der Waals surface area contributed by atoms with E-state index in [4.69, 9.17) is 9.47 Å². The minimum Gasteiger partial charge on any atom is -0.497 e. The molecule has 1 fully saturated rings. The molecule has 1 heterocycles. The van der Waals surface area contributed by atoms with E-state index in [0.29, 0.717) is 72.2 Å². The Morgan fingerprint density at radius 3 is 2.24 bits per heavy atom. The minimum atomic E-state index is -0.354. The average Bonchev–Trinajstić information content (AvgIpc) is 3.34. The van der Waals surface area contributed by atoms with Crippen LogP contribution in [0.15, 0.2) is 91.0 Å². The normalized spacial score (nSPS) is 13.0. The summed E-state index contributed by atoms with van der Waals surface area (Å²) < 4.78 is 23.8. The van der Waals surface area contributed by atoms with Gasteiger partial charge in [-0.25, -0.2) is 4.39 Å². The van der Waals surface area contributed by atoms with Gasteiger partial charge in [0.05, 0.1) is 19.8 Å². The molecule has 10 heteroatoms. The minimum absolute atomic E-state index is 0.0626. The molecule has 3 amide bonds. The van der Waals surface area contributed by atoms with Crippen LogP contribution >= 0.6 is 0 Å². The van der Waals surface area contributed by atoms with E-state index in [0.717, 1.165) is 5.56 Å². The van der Waals surface area contributed by atoms with E-state index < -0.39 is 0 Å². The zero-order chi connectivity index (χ0) is 31.8. The highest BCUT2D eigenvalue weighted by Crippen LogP contribution is 2.27. The summed E-state index contributed by atoms with van der Waals surface area (Å²) in [6, 6.07) is 25.0. The standard InChI is InChI=1S/C35H35FN4O5/c1-44-29-14-9-25(10-15-29)35(43)40-18-4-17-39(19-20-40)32-16-13-28(38-33(41)26-5-3-6-30(21-26)45-2)22-31(32)34(42)37-23-24-7-11-27(36)12-8-24/h3,5-16,21-22H,4,17-20,23H2,1-2H3,(H,37,42)(H,38,41). The Bertz CT molecular complexity index is 1660. The summed E-state index contributed by atoms with van der Waals surface area (Å²) in [5.74, 6) is 0.130. The molecule has 0 aromatic heterocycles. The summed E-state index contributed by atoms with van der Waals surface area (Å²) in [4.78, 5) is 43.8. The lowest BCUT2D eigenvalue weighted by Gasteiger charge is -2.26. The number of hydrogen-bond acceptors (Lipinski definition) is 6. The molecular weight excluding hydrogens is 575 g/mol. The largest absolute Gasteiger partial charge is 0.497 e. The molecule has 9 nitrogen and oxygen atoms in total. The molecule has 0 unspecified atom stereocenters. The number of methoxy groups -OCH3 is 2. The van der Waals surface area contributed by atoms with Crippen molar-refractivity contribution >= 4 is 29.1 Å². The molecule has 45 heavy (non-hydrogen) atoms. The number of nitrogens with zero attached hydrogens (tertiary/aromatic N) is 2. The Hall–Kier alpha value is -5.38. The Morgan fingerprint density at radius 1 is 0.756 bits per heavy atom. The summed E-state index contributed by atoms with van der Waals surface area (Å²) in [5.41, 5.74) is 3.25. The highest BCUT2D eigenvalue weighted by Gasteiger charge is 2.24. The molecule has 0 atom stereocenters. The lowest BCUT2D eigenvalue weighted by Crippen LogP contribution is -2.36. The third kappa shape index (κ3) is 7.77. The maximum atomic E-state index is 13.6. The fraction of sp³-hybridized carbons (Fsp3) is 0.229. The fourth-order valence-electron chi connectivity index (χ4n) is 5.20. The van der Waals surface area contributed by atoms with E-state index >= 15 is 0 Å². The number of nitrogens with one attached hydrogen (secondary N) is 2. The van der Waals surface area contributed by atoms with Crippen molar-refractivity contribution in [3.05, 3.63) is 119 Å². The van der Waals surface area contributed by atoms with Gasteiger partial charge in [-0.3, -0.25) is 14.4 Å². The molecule has 1 saturated heterocycles. The van der Waals surface area contributed by atoms with E-state index in [2.05, 4.69) is 15.5 Å². The number of rotatable bonds is 9. The van der Waals surface area contributed by atoms with Crippen molar-refractivity contribution in [3.8, 4) is 11.5 Å². The summed E-state index contributed by atoms with van der Waals surface area (Å²) in [7, 11) is 3.11. The zero-order valence-corrected chi connectivity index (χ0v) is 25.2. The van der Waals surface area contributed by atoms with Crippen LogP contribution in [0.1, 0.15) is 43.1 Å². The molecular formula is C35H35FN4O5. The average molecular weight is 611 g/mol. The van der Waals surface area contributed by atoms with Crippen LogP contribution in [-0.4, -0.2) is 63.0 Å². The highest BCUT2D eigenvalue weighted by atomic mass is 19.1. The number of hydrogen-bond donors (Lipinski definition) is 2. The summed E-state index contributed by atoms with van der Waals surface area (Å²) in [5, 5.41) is 5.80. The third-order valence-corrected chi connectivity index (χ3v) is 7.66. The fourth-order valence-corrected chi connectivity index (χ4v) is 5.20. The molecule has 0 radical (unpaired) electrons. The predicted molar refractivity (Wildman–Crippen MR) is 171 cm³/mol. The van der Waals surface area contributed by atoms with Gasteiger partial charge in [0.25, 0.3) is 17.7 Å². The Kier molecular flexibility index (Phi) is 9.93. The van der Waals surface area contributed by atoms with Crippen molar-refractivity contribution in [3.63, 3.8) is 0 Å². The lowest BCUT2D eigenvalue weighted by atomic mass is 10.1. The molecule has 0 saturated carbocycles. The van der Waals surface area contributed by atoms with Crippen LogP contribution in [0.2, 0.25) is 0 Å². The third-order valence-electron chi connectivity index (χ3n) is 7.66. The number of benzene rings is 4. The van der Waals surface area contributed by atoms with Crippen LogP contribution in [-0.2, 0) is 6.54 Å². The van der Waals surface area contributed by atoms with Crippen molar-refractivity contribution in [1.82, 2.24) is 10.2 Å². The van der Waals surface area contributed by atoms with Crippen LogP contribution in [0.3, 0.4) is 0 Å². The Morgan fingerprint density at radius 2 is 1.51 bits per heavy atom. The van der Waals surface area contributed by atoms with Gasteiger partial charge in [-0.05, 0) is 84.8 Å². The molecule has 0 bridgehead atoms. The van der Waals surface area contributed by atoms with E-state index in [1.807, 2.05) is 11.0 Å². The van der Waals surface area contributed by atoms with Gasteiger partial charge in [-0.1, -0.05) is 18.2 Å². The van der Waals surface area contributed by atoms with E-state index in [-0.39, 0.29) is 30.1 Å². The molecule has 4 aromatic carbocycles. The Balaban J connectivity index is 1.36. The van der Waals surface area contributed by atoms with Crippen LogP contribution < -0.4 is 25.0 Å². The van der Waals surface area contributed by atoms with E-state index in [1.54, 1.807) is 79.9 Å². The van der Waals surface area contributed by atoms with Gasteiger partial charge >= 0.3 is 0 Å². The molecule has 1 aliphatic heterocycles. The summed E-state index contributed by atoms with van der Waals surface area (Å²) in [6.45, 7) is 2.37. The van der Waals surface area contributed by atoms with Crippen molar-refractivity contribution in [2.45, 2.75) is 13.0 Å². The van der Waals surface area contributed by atoms with Crippen molar-refractivity contribution < 1.29 is 28.2 Å². The summed E-state index contributed by atoms with van der Waals surface area (Å²) >= 11 is 0. The summed E-state index contributed by atoms with van der Waals surface area (Å²) in [6.07, 6.45) is 0.701. The first-order valence-corrected chi connectivity index (χ1v) is 14.6. The number of carbonyl (C=O) groups excluding carboxylic acids is 3. The van der Waals surface area contributed by atoms with Gasteiger partial charge < -0.3 is 29.9 Å². The quantitative estimate of drug-likeness (QED) is 0.264. The SMILES string of the molecule is COc1ccc(C(=O)N2CCCN(c3ccc(NC(=O)c4cccc(OC)c4)cc3C(=O)NCc3ccc(F)cc3)CC2)cc1. The second-order valence-electron chi connectivity index (χ2n) is 10.6. The monoisotopic (exact) mass is 610 g/mol. The maximum Gasteiger partial charge on any atom is 0.255 e. The van der Waals surface area contributed by atoms with Gasteiger partial charge in [-0.15, -0.1) is 0 Å². The number of carbonyl (C=O) groups is 3. The first kappa shape index (κ1) is 31.1. The van der Waals surface area contributed by atoms with Gasteiger partial charge in [0.1, 0.15) is 17.3 Å². The van der Waals surface area contributed by atoms with Crippen molar-refractivity contribution in [1.29, 1.82) is 0 Å². The first-order valence-electron chi connectivity index (χ1n) is 14.6. The highest BCUT2D eigenvalue weighted by molar-refractivity contribution is 6.06. The molecule has 1 aliphatic rings. The molecule has 4 aromatic rings. The lowest BCUT2D eigenvalue weighted by molar-refractivity contribution is 0.0766. The molecule has 2 N–H and O–H groups in total. The number of amides is 3. The number of anilines is 2. The second-order valence-corrected chi connectivity index (χ2v) is 10.6. The van der Waals surface area contributed by atoms with Crippen LogP contribution in [0.25, 0.3) is 0 Å². The molecule has 5 rings (SSSR count). The predicted octanol–water partition coefficient (Wildman–Crippen LogP) is 5.38. The van der Waals surface area contributed by atoms with Gasteiger partial charge in [0.2, 0.25) is 0 Å². The number of halogens is 1. The van der Waals surface area contributed by atoms with Gasteiger partial charge in [-0.2, -0.15) is 0 Å². The van der Waals surface area contributed by atoms with Crippen molar-refractivity contribution in [2.24, 2.45) is 0 Å².